The van der Waals surface area contributed by atoms with Gasteiger partial charge < -0.3 is 57.1 Å². The highest BCUT2D eigenvalue weighted by Crippen LogP contribution is 2.18. The third kappa shape index (κ3) is 49.3. The molecule has 0 heterocycles. The van der Waals surface area contributed by atoms with E-state index in [1.54, 1.807) is 0 Å². The number of ether oxygens (including phenoxy) is 2. The number of aliphatic hydroxyl groups excluding tert-OH is 2. The molecular weight excluding hydrogens is 1140 g/mol. The van der Waals surface area contributed by atoms with Crippen LogP contribution in [0.2, 0.25) is 0 Å². The number of carbonyl (C=O) groups excluding carboxylic acids is 8. The minimum absolute atomic E-state index is 0.0794. The second-order valence-corrected chi connectivity index (χ2v) is 25.3. The molecule has 88 heavy (non-hydrogen) atoms. The number of thioether (sulfide) groups is 1. The standard InChI is InChI=1S/C67H124N6O14S/c1-5-8-11-14-17-20-23-26-29-32-35-38-41-44-60(77)70-58(66(83)73-57(49-75)65(82)72-56(48-74)64(81)71-55(47-59(68)76)63(80)69-53(4)67(84)85)52-88-51-54(87-62(79)46-43-40-37-34-31-28-25-22-19-16-13-10-7-3)50-86-61(78)45-42-39-36-33-30-27-24-21-18-15-12-9-6-2/h53-58,74-75H,5-52H2,1-4H3,(H2,68,76)(H,69,80)(H,70,77)(H,71,81)(H,72,82)(H,73,83)(H,84,85)/t53-,54-,55-,56-,57-,58+/m0/s1. The summed E-state index contributed by atoms with van der Waals surface area (Å²) in [5.41, 5.74) is 5.26. The first kappa shape index (κ1) is 83.5. The predicted octanol–water partition coefficient (Wildman–Crippen LogP) is 11.0. The molecule has 0 aromatic carbocycles. The van der Waals surface area contributed by atoms with Gasteiger partial charge in [0.25, 0.3) is 0 Å². The molecule has 21 heteroatoms. The molecule has 6 amide bonds. The van der Waals surface area contributed by atoms with Gasteiger partial charge in [-0.3, -0.25) is 43.2 Å². The Bertz CT molecular complexity index is 1850. The van der Waals surface area contributed by atoms with Gasteiger partial charge in [0.05, 0.1) is 19.6 Å². The van der Waals surface area contributed by atoms with Gasteiger partial charge in [-0.2, -0.15) is 11.8 Å². The molecule has 0 saturated heterocycles. The van der Waals surface area contributed by atoms with Crippen LogP contribution < -0.4 is 32.3 Å². The highest BCUT2D eigenvalue weighted by Gasteiger charge is 2.33. The summed E-state index contributed by atoms with van der Waals surface area (Å²) in [6.07, 6.45) is 43.7. The first-order valence-corrected chi connectivity index (χ1v) is 35.8. The van der Waals surface area contributed by atoms with Crippen LogP contribution >= 0.6 is 11.8 Å². The number of esters is 2. The maximum Gasteiger partial charge on any atom is 0.325 e. The molecule has 6 atom stereocenters. The number of rotatable bonds is 63. The zero-order valence-electron chi connectivity index (χ0n) is 55.2. The van der Waals surface area contributed by atoms with Gasteiger partial charge in [-0.15, -0.1) is 0 Å². The fourth-order valence-corrected chi connectivity index (χ4v) is 11.3. The Balaban J connectivity index is 6.01. The van der Waals surface area contributed by atoms with Gasteiger partial charge >= 0.3 is 17.9 Å². The number of carboxylic acids is 1. The monoisotopic (exact) mass is 1270 g/mol. The lowest BCUT2D eigenvalue weighted by Crippen LogP contribution is -2.60. The van der Waals surface area contributed by atoms with E-state index in [1.165, 1.54) is 167 Å². The Kier molecular flexibility index (Phi) is 55.8. The number of nitrogens with one attached hydrogen (secondary N) is 5. The lowest BCUT2D eigenvalue weighted by molar-refractivity contribution is -0.157. The number of amides is 6. The highest BCUT2D eigenvalue weighted by atomic mass is 32.2. The third-order valence-electron chi connectivity index (χ3n) is 15.8. The van der Waals surface area contributed by atoms with E-state index >= 15 is 0 Å². The van der Waals surface area contributed by atoms with Crippen LogP contribution in [0.4, 0.5) is 0 Å². The molecule has 0 fully saturated rings. The van der Waals surface area contributed by atoms with E-state index in [4.69, 9.17) is 15.2 Å². The first-order chi connectivity index (χ1) is 42.5. The van der Waals surface area contributed by atoms with Crippen molar-refractivity contribution in [1.82, 2.24) is 26.6 Å². The quantitative estimate of drug-likeness (QED) is 0.0202. The Morgan fingerprint density at radius 1 is 0.398 bits per heavy atom. The summed E-state index contributed by atoms with van der Waals surface area (Å²) in [6, 6.07) is -7.92. The molecule has 0 bridgehead atoms. The average Bonchev–Trinajstić information content (AvgIpc) is 2.79. The molecule has 10 N–H and O–H groups in total. The van der Waals surface area contributed by atoms with Gasteiger partial charge in [0, 0.05) is 30.8 Å². The van der Waals surface area contributed by atoms with Crippen molar-refractivity contribution in [3.05, 3.63) is 0 Å². The van der Waals surface area contributed by atoms with Crippen molar-refractivity contribution in [1.29, 1.82) is 0 Å². The minimum atomic E-state index is -1.79. The van der Waals surface area contributed by atoms with E-state index in [0.717, 1.165) is 82.9 Å². The number of carbonyl (C=O) groups is 9. The molecule has 0 aliphatic heterocycles. The van der Waals surface area contributed by atoms with Crippen molar-refractivity contribution in [2.75, 3.05) is 31.3 Å². The Labute approximate surface area is 534 Å². The molecule has 0 aromatic heterocycles. The van der Waals surface area contributed by atoms with Crippen molar-refractivity contribution >= 4 is 65.1 Å². The average molecular weight is 1270 g/mol. The molecule has 0 aliphatic rings. The SMILES string of the molecule is CCCCCCCCCCCCCCCC(=O)N[C@H](CSC[C@H](COC(=O)CCCCCCCCCCCCCCC)OC(=O)CCCCCCCCCCCCCCC)C(=O)N[C@@H](CO)C(=O)N[C@@H](CO)C(=O)N[C@@H](CC(N)=O)C(=O)N[C@@H](C)C(=O)O. The molecule has 512 valence electrons. The van der Waals surface area contributed by atoms with Gasteiger partial charge in [-0.1, -0.05) is 252 Å². The maximum absolute atomic E-state index is 14.1. The number of carboxylic acid groups (broad SMARTS) is 1. The van der Waals surface area contributed by atoms with Crippen LogP contribution in [0.5, 0.6) is 0 Å². The fraction of sp³-hybridized carbons (Fsp3) is 0.866. The minimum Gasteiger partial charge on any atom is -0.480 e. The predicted molar refractivity (Wildman–Crippen MR) is 350 cm³/mol. The summed E-state index contributed by atoms with van der Waals surface area (Å²) >= 11 is 1.15. The zero-order valence-corrected chi connectivity index (χ0v) is 56.0. The lowest BCUT2D eigenvalue weighted by Gasteiger charge is -2.25. The van der Waals surface area contributed by atoms with E-state index in [9.17, 15) is 58.5 Å². The van der Waals surface area contributed by atoms with Crippen LogP contribution in [-0.4, -0.2) is 136 Å². The van der Waals surface area contributed by atoms with Gasteiger partial charge in [-0.25, -0.2) is 0 Å². The summed E-state index contributed by atoms with van der Waals surface area (Å²) in [6.45, 7) is 5.57. The number of hydrogen-bond acceptors (Lipinski definition) is 14. The van der Waals surface area contributed by atoms with Crippen molar-refractivity contribution in [3.8, 4) is 0 Å². The molecule has 0 rings (SSSR count). The number of primary amides is 1. The highest BCUT2D eigenvalue weighted by molar-refractivity contribution is 7.99. The molecule has 0 spiro atoms. The van der Waals surface area contributed by atoms with Crippen LogP contribution in [0, 0.1) is 0 Å². The van der Waals surface area contributed by atoms with E-state index in [0.29, 0.717) is 19.3 Å². The third-order valence-corrected chi connectivity index (χ3v) is 17.0. The number of aliphatic hydroxyl groups is 2. The van der Waals surface area contributed by atoms with Crippen molar-refractivity contribution < 1.29 is 67.9 Å². The number of hydrogen-bond donors (Lipinski definition) is 9. The summed E-state index contributed by atoms with van der Waals surface area (Å²) in [5.74, 6) is -8.00. The van der Waals surface area contributed by atoms with Gasteiger partial charge in [0.2, 0.25) is 35.4 Å². The number of aliphatic carboxylic acids is 1. The topological polar surface area (TPSA) is 319 Å². The Morgan fingerprint density at radius 2 is 0.716 bits per heavy atom. The van der Waals surface area contributed by atoms with Crippen LogP contribution in [0.15, 0.2) is 0 Å². The summed E-state index contributed by atoms with van der Waals surface area (Å²) in [5, 5.41) is 41.4. The second-order valence-electron chi connectivity index (χ2n) is 24.2. The van der Waals surface area contributed by atoms with Crippen LogP contribution in [0.25, 0.3) is 0 Å². The Hall–Kier alpha value is -4.50. The van der Waals surface area contributed by atoms with Crippen molar-refractivity contribution in [2.24, 2.45) is 5.73 Å². The molecule has 20 nitrogen and oxygen atoms in total. The molecular formula is C67H124N6O14S. The van der Waals surface area contributed by atoms with Gasteiger partial charge in [-0.05, 0) is 26.2 Å². The smallest absolute Gasteiger partial charge is 0.325 e. The van der Waals surface area contributed by atoms with Crippen LogP contribution in [0.3, 0.4) is 0 Å². The van der Waals surface area contributed by atoms with Gasteiger partial charge in [0.1, 0.15) is 42.9 Å². The van der Waals surface area contributed by atoms with E-state index in [1.807, 2.05) is 0 Å². The second kappa shape index (κ2) is 58.8. The van der Waals surface area contributed by atoms with Gasteiger partial charge in [0.15, 0.2) is 0 Å². The van der Waals surface area contributed by atoms with Crippen molar-refractivity contribution in [3.63, 3.8) is 0 Å². The first-order valence-electron chi connectivity index (χ1n) is 34.7. The fourth-order valence-electron chi connectivity index (χ4n) is 10.3. The summed E-state index contributed by atoms with van der Waals surface area (Å²) in [7, 11) is 0. The number of nitrogens with two attached hydrogens (primary N) is 1. The molecule has 0 aromatic rings. The molecule has 0 radical (unpaired) electrons. The van der Waals surface area contributed by atoms with E-state index in [-0.39, 0.29) is 37.4 Å². The molecule has 0 unspecified atom stereocenters. The van der Waals surface area contributed by atoms with Crippen LogP contribution in [0.1, 0.15) is 304 Å². The summed E-state index contributed by atoms with van der Waals surface area (Å²) in [4.78, 5) is 117. The molecule has 0 saturated carbocycles. The van der Waals surface area contributed by atoms with E-state index < -0.39 is 109 Å². The number of unbranched alkanes of at least 4 members (excludes halogenated alkanes) is 36. The Morgan fingerprint density at radius 3 is 1.07 bits per heavy atom. The van der Waals surface area contributed by atoms with Crippen molar-refractivity contribution in [2.45, 2.75) is 340 Å². The largest absolute Gasteiger partial charge is 0.480 e. The van der Waals surface area contributed by atoms with E-state index in [2.05, 4.69) is 47.4 Å². The maximum atomic E-state index is 14.1. The molecule has 0 aliphatic carbocycles. The summed E-state index contributed by atoms with van der Waals surface area (Å²) < 4.78 is 11.6. The lowest BCUT2D eigenvalue weighted by atomic mass is 10.0. The zero-order chi connectivity index (χ0) is 65.3. The van der Waals surface area contributed by atoms with Crippen LogP contribution in [-0.2, 0) is 52.6 Å². The normalized spacial score (nSPS) is 13.3.